The van der Waals surface area contributed by atoms with Crippen molar-refractivity contribution in [2.75, 3.05) is 0 Å². The molecule has 0 atom stereocenters. The lowest BCUT2D eigenvalue weighted by molar-refractivity contribution is -0.255. The highest BCUT2D eigenvalue weighted by Gasteiger charge is 2.10. The monoisotopic (exact) mass is 294 g/mol. The number of aromatic nitrogens is 1. The molecule has 6 nitrogen and oxygen atoms in total. The summed E-state index contributed by atoms with van der Waals surface area (Å²) in [4.78, 5) is 13.5. The van der Waals surface area contributed by atoms with Crippen molar-refractivity contribution in [1.82, 2.24) is 4.98 Å². The van der Waals surface area contributed by atoms with Gasteiger partial charge in [0, 0.05) is 5.39 Å². The third kappa shape index (κ3) is 2.54. The number of carboxylic acids is 1. The van der Waals surface area contributed by atoms with Crippen molar-refractivity contribution in [3.8, 4) is 5.88 Å². The third-order valence-electron chi connectivity index (χ3n) is 3.28. The summed E-state index contributed by atoms with van der Waals surface area (Å²) in [5.41, 5.74) is 2.71. The molecule has 3 rings (SSSR count). The number of benzene rings is 2. The summed E-state index contributed by atoms with van der Waals surface area (Å²) in [5.74, 6) is -1.30. The molecule has 110 valence electrons. The Morgan fingerprint density at radius 1 is 1.14 bits per heavy atom. The molecule has 0 fully saturated rings. The van der Waals surface area contributed by atoms with Crippen LogP contribution in [0.3, 0.4) is 0 Å². The molecule has 1 heterocycles. The van der Waals surface area contributed by atoms with Crippen LogP contribution in [0.15, 0.2) is 52.7 Å². The zero-order valence-electron chi connectivity index (χ0n) is 11.7. The maximum atomic E-state index is 10.7. The minimum atomic E-state index is -1.24. The number of aryl methyl sites for hydroxylation is 1. The summed E-state index contributed by atoms with van der Waals surface area (Å²) < 4.78 is 0. The molecular weight excluding hydrogens is 282 g/mol. The Morgan fingerprint density at radius 3 is 2.55 bits per heavy atom. The van der Waals surface area contributed by atoms with E-state index in [4.69, 9.17) is 0 Å². The first-order valence-electron chi connectivity index (χ1n) is 6.59. The van der Waals surface area contributed by atoms with E-state index in [1.54, 1.807) is 0 Å². The van der Waals surface area contributed by atoms with E-state index in [1.165, 1.54) is 24.3 Å². The van der Waals surface area contributed by atoms with Gasteiger partial charge in [-0.05, 0) is 36.8 Å². The van der Waals surface area contributed by atoms with Gasteiger partial charge >= 0.3 is 0 Å². The Kier molecular flexibility index (Phi) is 3.34. The first-order valence-corrected chi connectivity index (χ1v) is 6.59. The average Bonchev–Trinajstić information content (AvgIpc) is 2.80. The van der Waals surface area contributed by atoms with Crippen LogP contribution in [0.2, 0.25) is 0 Å². The quantitative estimate of drug-likeness (QED) is 0.726. The summed E-state index contributed by atoms with van der Waals surface area (Å²) in [6.07, 6.45) is 0. The molecule has 0 saturated carbocycles. The van der Waals surface area contributed by atoms with Crippen molar-refractivity contribution >= 4 is 28.2 Å². The Bertz CT molecular complexity index is 880. The fourth-order valence-electron chi connectivity index (χ4n) is 2.15. The second-order valence-corrected chi connectivity index (χ2v) is 4.91. The number of azo groups is 1. The van der Waals surface area contributed by atoms with Gasteiger partial charge in [-0.2, -0.15) is 5.11 Å². The first kappa shape index (κ1) is 13.8. The van der Waals surface area contributed by atoms with Crippen molar-refractivity contribution in [3.05, 3.63) is 53.6 Å². The van der Waals surface area contributed by atoms with Crippen molar-refractivity contribution < 1.29 is 15.0 Å². The molecule has 6 heteroatoms. The summed E-state index contributed by atoms with van der Waals surface area (Å²) in [6.45, 7) is 1.95. The number of nitrogens with zero attached hydrogens (tertiary/aromatic N) is 2. The lowest BCUT2D eigenvalue weighted by Gasteiger charge is -2.00. The molecule has 22 heavy (non-hydrogen) atoms. The van der Waals surface area contributed by atoms with Crippen molar-refractivity contribution in [2.24, 2.45) is 10.2 Å². The van der Waals surface area contributed by atoms with Crippen LogP contribution in [0.5, 0.6) is 5.88 Å². The number of aromatic amines is 1. The zero-order valence-corrected chi connectivity index (χ0v) is 11.7. The van der Waals surface area contributed by atoms with Crippen molar-refractivity contribution in [3.63, 3.8) is 0 Å². The van der Waals surface area contributed by atoms with Crippen LogP contribution in [-0.2, 0) is 0 Å². The number of carboxylic acid groups (broad SMARTS) is 1. The standard InChI is InChI=1S/C16H13N3O3/c1-9-2-7-13-12(8-9)14(15(20)17-13)19-18-11-5-3-10(4-6-11)16(21)22/h2-8,17,20H,1H3,(H,21,22)/p-1. The minimum Gasteiger partial charge on any atom is -0.545 e. The number of fused-ring (bicyclic) bond motifs is 1. The molecule has 0 aliphatic rings. The lowest BCUT2D eigenvalue weighted by Crippen LogP contribution is -2.21. The largest absolute Gasteiger partial charge is 0.545 e. The molecule has 0 aliphatic carbocycles. The topological polar surface area (TPSA) is 101 Å². The highest BCUT2D eigenvalue weighted by molar-refractivity contribution is 5.94. The van der Waals surface area contributed by atoms with Gasteiger partial charge < -0.3 is 20.0 Å². The Balaban J connectivity index is 1.96. The van der Waals surface area contributed by atoms with Gasteiger partial charge in [-0.15, -0.1) is 5.11 Å². The number of hydrogen-bond acceptors (Lipinski definition) is 5. The summed E-state index contributed by atoms with van der Waals surface area (Å²) in [6, 6.07) is 11.5. The van der Waals surface area contributed by atoms with Crippen molar-refractivity contribution in [1.29, 1.82) is 0 Å². The lowest BCUT2D eigenvalue weighted by atomic mass is 10.1. The second-order valence-electron chi connectivity index (χ2n) is 4.91. The van der Waals surface area contributed by atoms with Gasteiger partial charge in [-0.1, -0.05) is 23.8 Å². The molecular formula is C16H12N3O3-. The summed E-state index contributed by atoms with van der Waals surface area (Å²) in [7, 11) is 0. The summed E-state index contributed by atoms with van der Waals surface area (Å²) >= 11 is 0. The van der Waals surface area contributed by atoms with E-state index >= 15 is 0 Å². The molecule has 2 N–H and O–H groups in total. The zero-order chi connectivity index (χ0) is 15.7. The summed E-state index contributed by atoms with van der Waals surface area (Å²) in [5, 5.41) is 29.5. The van der Waals surface area contributed by atoms with Crippen LogP contribution in [0.1, 0.15) is 15.9 Å². The molecule has 2 aromatic carbocycles. The molecule has 0 radical (unpaired) electrons. The molecule has 0 unspecified atom stereocenters. The Hall–Kier alpha value is -3.15. The van der Waals surface area contributed by atoms with Crippen LogP contribution in [0.4, 0.5) is 11.4 Å². The van der Waals surface area contributed by atoms with E-state index in [2.05, 4.69) is 15.2 Å². The van der Waals surface area contributed by atoms with E-state index in [1.807, 2.05) is 25.1 Å². The van der Waals surface area contributed by atoms with Crippen LogP contribution in [0, 0.1) is 6.92 Å². The van der Waals surface area contributed by atoms with Crippen LogP contribution < -0.4 is 5.11 Å². The van der Waals surface area contributed by atoms with E-state index in [0.29, 0.717) is 11.4 Å². The second kappa shape index (κ2) is 5.33. The molecule has 0 amide bonds. The normalized spacial score (nSPS) is 11.3. The van der Waals surface area contributed by atoms with Gasteiger partial charge in [-0.25, -0.2) is 0 Å². The molecule has 3 aromatic rings. The van der Waals surface area contributed by atoms with Gasteiger partial charge in [0.2, 0.25) is 5.88 Å². The smallest absolute Gasteiger partial charge is 0.218 e. The van der Waals surface area contributed by atoms with E-state index in [0.717, 1.165) is 16.5 Å². The first-order chi connectivity index (χ1) is 10.5. The highest BCUT2D eigenvalue weighted by Crippen LogP contribution is 2.36. The molecule has 0 aliphatic heterocycles. The third-order valence-corrected chi connectivity index (χ3v) is 3.28. The number of H-pyrrole nitrogens is 1. The van der Waals surface area contributed by atoms with Crippen molar-refractivity contribution in [2.45, 2.75) is 6.92 Å². The molecule has 0 saturated heterocycles. The maximum absolute atomic E-state index is 10.7. The van der Waals surface area contributed by atoms with Crippen LogP contribution >= 0.6 is 0 Å². The van der Waals surface area contributed by atoms with E-state index in [-0.39, 0.29) is 11.4 Å². The SMILES string of the molecule is Cc1ccc2[nH]c(O)c(N=Nc3ccc(C(=O)[O-])cc3)c2c1. The number of hydrogen-bond donors (Lipinski definition) is 2. The molecule has 0 bridgehead atoms. The number of carbonyl (C=O) groups excluding carboxylic acids is 1. The van der Waals surface area contributed by atoms with Gasteiger partial charge in [0.1, 0.15) is 0 Å². The Labute approximate surface area is 125 Å². The van der Waals surface area contributed by atoms with E-state index in [9.17, 15) is 15.0 Å². The number of rotatable bonds is 3. The predicted octanol–water partition coefficient (Wildman–Crippen LogP) is 2.96. The fraction of sp³-hybridized carbons (Fsp3) is 0.0625. The number of aromatic carboxylic acids is 1. The van der Waals surface area contributed by atoms with Gasteiger partial charge in [-0.3, -0.25) is 0 Å². The minimum absolute atomic E-state index is 0.0595. The van der Waals surface area contributed by atoms with Gasteiger partial charge in [0.25, 0.3) is 0 Å². The predicted molar refractivity (Wildman–Crippen MR) is 79.6 cm³/mol. The van der Waals surface area contributed by atoms with E-state index < -0.39 is 5.97 Å². The fourth-order valence-corrected chi connectivity index (χ4v) is 2.15. The number of aromatic hydroxyl groups is 1. The molecule has 1 aromatic heterocycles. The maximum Gasteiger partial charge on any atom is 0.218 e. The molecule has 0 spiro atoms. The highest BCUT2D eigenvalue weighted by atomic mass is 16.4. The van der Waals surface area contributed by atoms with Crippen LogP contribution in [0.25, 0.3) is 10.9 Å². The van der Waals surface area contributed by atoms with Gasteiger partial charge in [0.15, 0.2) is 5.69 Å². The Morgan fingerprint density at radius 2 is 1.86 bits per heavy atom. The number of nitrogens with one attached hydrogen (secondary N) is 1. The average molecular weight is 294 g/mol. The van der Waals surface area contributed by atoms with Gasteiger partial charge in [0.05, 0.1) is 17.2 Å². The van der Waals surface area contributed by atoms with Crippen LogP contribution in [-0.4, -0.2) is 16.1 Å². The number of carbonyl (C=O) groups is 1.